The van der Waals surface area contributed by atoms with Crippen LogP contribution < -0.4 is 15.4 Å². The molecule has 0 heterocycles. The first-order valence-corrected chi connectivity index (χ1v) is 7.30. The van der Waals surface area contributed by atoms with Crippen LogP contribution in [0, 0.1) is 5.92 Å². The Morgan fingerprint density at radius 3 is 2.40 bits per heavy atom. The first-order chi connectivity index (χ1) is 9.52. The number of nitrogens with one attached hydrogen (secondary N) is 2. The zero-order valence-corrected chi connectivity index (χ0v) is 12.9. The minimum atomic E-state index is -0.118. The van der Waals surface area contributed by atoms with E-state index >= 15 is 0 Å². The maximum Gasteiger partial charge on any atom is 0.315 e. The molecule has 0 saturated carbocycles. The Hall–Kier alpha value is -1.71. The van der Waals surface area contributed by atoms with E-state index in [2.05, 4.69) is 24.5 Å². The molecular weight excluding hydrogens is 252 g/mol. The van der Waals surface area contributed by atoms with Crippen LogP contribution in [-0.2, 0) is 0 Å². The summed E-state index contributed by atoms with van der Waals surface area (Å²) in [6.45, 7) is 9.58. The van der Waals surface area contributed by atoms with E-state index in [0.717, 1.165) is 17.7 Å². The molecule has 0 aliphatic carbocycles. The van der Waals surface area contributed by atoms with Crippen molar-refractivity contribution in [3.63, 3.8) is 0 Å². The molecule has 0 saturated heterocycles. The first kappa shape index (κ1) is 16.3. The van der Waals surface area contributed by atoms with Gasteiger partial charge in [0.05, 0.1) is 12.6 Å². The van der Waals surface area contributed by atoms with Gasteiger partial charge in [0.15, 0.2) is 0 Å². The van der Waals surface area contributed by atoms with Gasteiger partial charge in [-0.1, -0.05) is 26.0 Å². The monoisotopic (exact) mass is 278 g/mol. The smallest absolute Gasteiger partial charge is 0.315 e. The van der Waals surface area contributed by atoms with Crippen LogP contribution in [0.2, 0.25) is 0 Å². The average molecular weight is 278 g/mol. The number of carbonyl (C=O) groups is 1. The quantitative estimate of drug-likeness (QED) is 0.802. The van der Waals surface area contributed by atoms with Crippen molar-refractivity contribution in [3.8, 4) is 5.75 Å². The van der Waals surface area contributed by atoms with Crippen LogP contribution in [0.3, 0.4) is 0 Å². The van der Waals surface area contributed by atoms with Gasteiger partial charge in [0, 0.05) is 6.54 Å². The molecule has 1 aromatic carbocycles. The largest absolute Gasteiger partial charge is 0.494 e. The van der Waals surface area contributed by atoms with E-state index in [-0.39, 0.29) is 12.1 Å². The van der Waals surface area contributed by atoms with Gasteiger partial charge in [0.25, 0.3) is 0 Å². The highest BCUT2D eigenvalue weighted by atomic mass is 16.5. The van der Waals surface area contributed by atoms with Gasteiger partial charge >= 0.3 is 6.03 Å². The number of rotatable bonds is 7. The van der Waals surface area contributed by atoms with Crippen molar-refractivity contribution in [2.45, 2.75) is 40.2 Å². The highest BCUT2D eigenvalue weighted by Crippen LogP contribution is 2.17. The van der Waals surface area contributed by atoms with E-state index in [1.54, 1.807) is 0 Å². The molecule has 0 spiro atoms. The third-order valence-electron chi connectivity index (χ3n) is 3.05. The molecule has 2 N–H and O–H groups in total. The van der Waals surface area contributed by atoms with Crippen LogP contribution >= 0.6 is 0 Å². The SMILES string of the molecule is CCOc1ccc(C(C)NC(=O)NCCC(C)C)cc1. The van der Waals surface area contributed by atoms with Crippen molar-refractivity contribution in [3.05, 3.63) is 29.8 Å². The van der Waals surface area contributed by atoms with Gasteiger partial charge in [-0.3, -0.25) is 0 Å². The van der Waals surface area contributed by atoms with Crippen molar-refractivity contribution < 1.29 is 9.53 Å². The summed E-state index contributed by atoms with van der Waals surface area (Å²) in [7, 11) is 0. The third-order valence-corrected chi connectivity index (χ3v) is 3.05. The Bertz CT molecular complexity index is 401. The van der Waals surface area contributed by atoms with Crippen LogP contribution in [-0.4, -0.2) is 19.2 Å². The Balaban J connectivity index is 2.41. The zero-order valence-electron chi connectivity index (χ0n) is 12.9. The van der Waals surface area contributed by atoms with Crippen molar-refractivity contribution in [1.82, 2.24) is 10.6 Å². The van der Waals surface area contributed by atoms with Gasteiger partial charge < -0.3 is 15.4 Å². The Kier molecular flexibility index (Phi) is 6.91. The van der Waals surface area contributed by atoms with Crippen LogP contribution in [0.1, 0.15) is 45.7 Å². The van der Waals surface area contributed by atoms with Gasteiger partial charge in [-0.15, -0.1) is 0 Å². The van der Waals surface area contributed by atoms with Gasteiger partial charge in [0.1, 0.15) is 5.75 Å². The maximum atomic E-state index is 11.7. The Morgan fingerprint density at radius 2 is 1.85 bits per heavy atom. The highest BCUT2D eigenvalue weighted by Gasteiger charge is 2.09. The fraction of sp³-hybridized carbons (Fsp3) is 0.562. The lowest BCUT2D eigenvalue weighted by Crippen LogP contribution is -2.37. The van der Waals surface area contributed by atoms with Crippen LogP contribution in [0.4, 0.5) is 4.79 Å². The molecule has 0 aliphatic heterocycles. The second kappa shape index (κ2) is 8.46. The van der Waals surface area contributed by atoms with E-state index in [0.29, 0.717) is 19.1 Å². The van der Waals surface area contributed by atoms with Gasteiger partial charge in [-0.05, 0) is 43.9 Å². The zero-order chi connectivity index (χ0) is 15.0. The molecule has 1 rings (SSSR count). The van der Waals surface area contributed by atoms with E-state index < -0.39 is 0 Å². The number of hydrogen-bond donors (Lipinski definition) is 2. The summed E-state index contributed by atoms with van der Waals surface area (Å²) in [5, 5.41) is 5.80. The lowest BCUT2D eigenvalue weighted by Gasteiger charge is -2.16. The van der Waals surface area contributed by atoms with Gasteiger partial charge in [0.2, 0.25) is 0 Å². The molecule has 4 nitrogen and oxygen atoms in total. The number of benzene rings is 1. The summed E-state index contributed by atoms with van der Waals surface area (Å²) in [5.41, 5.74) is 1.06. The average Bonchev–Trinajstić information content (AvgIpc) is 2.39. The van der Waals surface area contributed by atoms with Crippen molar-refractivity contribution in [2.24, 2.45) is 5.92 Å². The summed E-state index contributed by atoms with van der Waals surface area (Å²) in [4.78, 5) is 11.7. The first-order valence-electron chi connectivity index (χ1n) is 7.30. The second-order valence-electron chi connectivity index (χ2n) is 5.31. The van der Waals surface area contributed by atoms with Crippen LogP contribution in [0.15, 0.2) is 24.3 Å². The lowest BCUT2D eigenvalue weighted by molar-refractivity contribution is 0.237. The highest BCUT2D eigenvalue weighted by molar-refractivity contribution is 5.74. The predicted molar refractivity (Wildman–Crippen MR) is 82.0 cm³/mol. The number of carbonyl (C=O) groups excluding carboxylic acids is 1. The number of ether oxygens (including phenoxy) is 1. The molecule has 0 bridgehead atoms. The summed E-state index contributed by atoms with van der Waals surface area (Å²) in [5.74, 6) is 1.45. The van der Waals surface area contributed by atoms with Crippen LogP contribution in [0.25, 0.3) is 0 Å². The van der Waals surface area contributed by atoms with Crippen molar-refractivity contribution >= 4 is 6.03 Å². The molecule has 2 amide bonds. The molecule has 0 fully saturated rings. The summed E-state index contributed by atoms with van der Waals surface area (Å²) in [6.07, 6.45) is 0.991. The predicted octanol–water partition coefficient (Wildman–Crippen LogP) is 3.49. The van der Waals surface area contributed by atoms with Gasteiger partial charge in [-0.2, -0.15) is 0 Å². The number of urea groups is 1. The second-order valence-corrected chi connectivity index (χ2v) is 5.31. The molecule has 4 heteroatoms. The third kappa shape index (κ3) is 5.95. The fourth-order valence-electron chi connectivity index (χ4n) is 1.82. The van der Waals surface area contributed by atoms with Gasteiger partial charge in [-0.25, -0.2) is 4.79 Å². The summed E-state index contributed by atoms with van der Waals surface area (Å²) < 4.78 is 5.40. The number of amides is 2. The topological polar surface area (TPSA) is 50.4 Å². The normalized spacial score (nSPS) is 12.1. The summed E-state index contributed by atoms with van der Waals surface area (Å²) >= 11 is 0. The minimum absolute atomic E-state index is 0.0234. The minimum Gasteiger partial charge on any atom is -0.494 e. The molecule has 112 valence electrons. The van der Waals surface area contributed by atoms with Crippen molar-refractivity contribution in [1.29, 1.82) is 0 Å². The summed E-state index contributed by atoms with van der Waals surface area (Å²) in [6, 6.07) is 7.66. The molecule has 0 aliphatic rings. The molecule has 0 radical (unpaired) electrons. The molecule has 0 aromatic heterocycles. The van der Waals surface area contributed by atoms with E-state index in [1.807, 2.05) is 38.1 Å². The Morgan fingerprint density at radius 1 is 1.20 bits per heavy atom. The number of hydrogen-bond acceptors (Lipinski definition) is 2. The fourth-order valence-corrected chi connectivity index (χ4v) is 1.82. The molecule has 1 atom stereocenters. The van der Waals surface area contributed by atoms with Crippen molar-refractivity contribution in [2.75, 3.05) is 13.2 Å². The maximum absolute atomic E-state index is 11.7. The van der Waals surface area contributed by atoms with E-state index in [4.69, 9.17) is 4.74 Å². The molecular formula is C16H26N2O2. The molecule has 1 aromatic rings. The van der Waals surface area contributed by atoms with Crippen LogP contribution in [0.5, 0.6) is 5.75 Å². The van der Waals surface area contributed by atoms with E-state index in [9.17, 15) is 4.79 Å². The lowest BCUT2D eigenvalue weighted by atomic mass is 10.1. The molecule has 20 heavy (non-hydrogen) atoms. The standard InChI is InChI=1S/C16H26N2O2/c1-5-20-15-8-6-14(7-9-15)13(4)18-16(19)17-11-10-12(2)3/h6-9,12-13H,5,10-11H2,1-4H3,(H2,17,18,19). The van der Waals surface area contributed by atoms with E-state index in [1.165, 1.54) is 0 Å². The molecule has 1 unspecified atom stereocenters. The Labute approximate surface area is 121 Å².